The average Bonchev–Trinajstić information content (AvgIpc) is 2.68. The lowest BCUT2D eigenvalue weighted by atomic mass is 9.91. The number of carboxylic acid groups (broad SMARTS) is 1. The van der Waals surface area contributed by atoms with Crippen molar-refractivity contribution in [2.24, 2.45) is 0 Å². The number of rotatable bonds is 6. The fourth-order valence-electron chi connectivity index (χ4n) is 2.91. The molecule has 1 saturated heterocycles. The molecular weight excluding hydrogens is 364 g/mol. The number of thioether (sulfide) groups is 1. The summed E-state index contributed by atoms with van der Waals surface area (Å²) in [5.41, 5.74) is 0.987. The summed E-state index contributed by atoms with van der Waals surface area (Å²) < 4.78 is 5.70. The SMILES string of the molecule is Cc1ccc(OCc2cccc(C(=O)NC3(C(=O)O)CCSCC3)c2)cn1. The quantitative estimate of drug-likeness (QED) is 0.793. The standard InChI is InChI=1S/C20H22N2O4S/c1-14-5-6-17(12-21-14)26-13-15-3-2-4-16(11-15)18(23)22-20(19(24)25)7-9-27-10-8-20/h2-6,11-12H,7-10,13H2,1H3,(H,22,23)(H,24,25). The number of aliphatic carboxylic acids is 1. The number of pyridine rings is 1. The Morgan fingerprint density at radius 1 is 1.26 bits per heavy atom. The van der Waals surface area contributed by atoms with Crippen LogP contribution in [-0.4, -0.2) is 39.0 Å². The summed E-state index contributed by atoms with van der Waals surface area (Å²) in [6.45, 7) is 2.20. The summed E-state index contributed by atoms with van der Waals surface area (Å²) >= 11 is 1.71. The molecule has 142 valence electrons. The van der Waals surface area contributed by atoms with Gasteiger partial charge in [-0.2, -0.15) is 11.8 Å². The van der Waals surface area contributed by atoms with Crippen LogP contribution in [0.4, 0.5) is 0 Å². The third-order valence-corrected chi connectivity index (χ3v) is 5.57. The van der Waals surface area contributed by atoms with Crippen molar-refractivity contribution in [3.63, 3.8) is 0 Å². The molecule has 0 spiro atoms. The highest BCUT2D eigenvalue weighted by atomic mass is 32.2. The van der Waals surface area contributed by atoms with E-state index >= 15 is 0 Å². The maximum Gasteiger partial charge on any atom is 0.329 e. The molecule has 0 aliphatic carbocycles. The lowest BCUT2D eigenvalue weighted by Gasteiger charge is -2.33. The molecule has 0 saturated carbocycles. The number of ether oxygens (including phenoxy) is 1. The van der Waals surface area contributed by atoms with E-state index in [0.717, 1.165) is 22.8 Å². The summed E-state index contributed by atoms with van der Waals surface area (Å²) in [6.07, 6.45) is 2.52. The highest BCUT2D eigenvalue weighted by Crippen LogP contribution is 2.28. The van der Waals surface area contributed by atoms with E-state index < -0.39 is 11.5 Å². The van der Waals surface area contributed by atoms with Gasteiger partial charge in [0.25, 0.3) is 5.91 Å². The number of benzene rings is 1. The van der Waals surface area contributed by atoms with Crippen molar-refractivity contribution in [1.29, 1.82) is 0 Å². The second-order valence-electron chi connectivity index (χ2n) is 6.58. The first kappa shape index (κ1) is 19.2. The van der Waals surface area contributed by atoms with Crippen LogP contribution < -0.4 is 10.1 Å². The number of carboxylic acids is 1. The number of aryl methyl sites for hydroxylation is 1. The Bertz CT molecular complexity index is 817. The van der Waals surface area contributed by atoms with E-state index in [9.17, 15) is 14.7 Å². The van der Waals surface area contributed by atoms with Crippen LogP contribution in [0, 0.1) is 6.92 Å². The molecule has 1 aliphatic heterocycles. The van der Waals surface area contributed by atoms with Gasteiger partial charge in [0.15, 0.2) is 0 Å². The van der Waals surface area contributed by atoms with E-state index in [0.29, 0.717) is 30.8 Å². The molecule has 1 fully saturated rings. The fraction of sp³-hybridized carbons (Fsp3) is 0.350. The van der Waals surface area contributed by atoms with E-state index in [1.807, 2.05) is 25.1 Å². The van der Waals surface area contributed by atoms with Crippen LogP contribution in [0.25, 0.3) is 0 Å². The second kappa shape index (κ2) is 8.43. The first-order valence-corrected chi connectivity index (χ1v) is 9.92. The van der Waals surface area contributed by atoms with Gasteiger partial charge in [0.05, 0.1) is 6.20 Å². The largest absolute Gasteiger partial charge is 0.487 e. The Labute approximate surface area is 162 Å². The first-order valence-electron chi connectivity index (χ1n) is 8.77. The molecule has 2 N–H and O–H groups in total. The third-order valence-electron chi connectivity index (χ3n) is 4.59. The Morgan fingerprint density at radius 3 is 2.70 bits per heavy atom. The number of amides is 1. The molecule has 2 aromatic rings. The molecule has 7 heteroatoms. The molecular formula is C20H22N2O4S. The molecule has 1 amide bonds. The normalized spacial score (nSPS) is 15.7. The number of nitrogens with one attached hydrogen (secondary N) is 1. The number of hydrogen-bond donors (Lipinski definition) is 2. The number of aromatic nitrogens is 1. The zero-order valence-corrected chi connectivity index (χ0v) is 15.9. The molecule has 3 rings (SSSR count). The zero-order valence-electron chi connectivity index (χ0n) is 15.1. The van der Waals surface area contributed by atoms with Gasteiger partial charge in [-0.05, 0) is 61.1 Å². The lowest BCUT2D eigenvalue weighted by Crippen LogP contribution is -2.56. The highest BCUT2D eigenvalue weighted by molar-refractivity contribution is 7.99. The van der Waals surface area contributed by atoms with Gasteiger partial charge >= 0.3 is 5.97 Å². The molecule has 0 radical (unpaired) electrons. The predicted molar refractivity (Wildman–Crippen MR) is 104 cm³/mol. The van der Waals surface area contributed by atoms with Crippen LogP contribution in [-0.2, 0) is 11.4 Å². The maximum absolute atomic E-state index is 12.7. The van der Waals surface area contributed by atoms with Gasteiger partial charge in [-0.1, -0.05) is 12.1 Å². The zero-order chi connectivity index (χ0) is 19.3. The molecule has 0 bridgehead atoms. The van der Waals surface area contributed by atoms with Crippen LogP contribution >= 0.6 is 11.8 Å². The Morgan fingerprint density at radius 2 is 2.04 bits per heavy atom. The Hall–Kier alpha value is -2.54. The molecule has 0 unspecified atom stereocenters. The Kier molecular flexibility index (Phi) is 6.01. The maximum atomic E-state index is 12.7. The van der Waals surface area contributed by atoms with Crippen molar-refractivity contribution in [2.75, 3.05) is 11.5 Å². The van der Waals surface area contributed by atoms with E-state index in [-0.39, 0.29) is 5.91 Å². The number of carbonyl (C=O) groups excluding carboxylic acids is 1. The van der Waals surface area contributed by atoms with Crippen LogP contribution in [0.1, 0.15) is 34.5 Å². The van der Waals surface area contributed by atoms with Crippen LogP contribution in [0.3, 0.4) is 0 Å². The van der Waals surface area contributed by atoms with Crippen LogP contribution in [0.15, 0.2) is 42.6 Å². The minimum atomic E-state index is -1.18. The van der Waals surface area contributed by atoms with Gasteiger partial charge in [-0.15, -0.1) is 0 Å². The van der Waals surface area contributed by atoms with Gasteiger partial charge < -0.3 is 15.2 Å². The fourth-order valence-corrected chi connectivity index (χ4v) is 4.10. The minimum Gasteiger partial charge on any atom is -0.487 e. The third kappa shape index (κ3) is 4.80. The number of carbonyl (C=O) groups is 2. The molecule has 1 aromatic heterocycles. The summed E-state index contributed by atoms with van der Waals surface area (Å²) in [5.74, 6) is 0.765. The number of hydrogen-bond acceptors (Lipinski definition) is 5. The van der Waals surface area contributed by atoms with E-state index in [4.69, 9.17) is 4.74 Å². The van der Waals surface area contributed by atoms with E-state index in [1.165, 1.54) is 0 Å². The van der Waals surface area contributed by atoms with Gasteiger partial charge in [0, 0.05) is 11.3 Å². The Balaban J connectivity index is 1.67. The average molecular weight is 386 g/mol. The topological polar surface area (TPSA) is 88.5 Å². The molecule has 2 heterocycles. The first-order chi connectivity index (χ1) is 13.0. The van der Waals surface area contributed by atoms with Crippen molar-refractivity contribution in [3.05, 3.63) is 59.4 Å². The smallest absolute Gasteiger partial charge is 0.329 e. The van der Waals surface area contributed by atoms with E-state index in [1.54, 1.807) is 36.2 Å². The van der Waals surface area contributed by atoms with Crippen molar-refractivity contribution in [1.82, 2.24) is 10.3 Å². The predicted octanol–water partition coefficient (Wildman–Crippen LogP) is 3.05. The molecule has 6 nitrogen and oxygen atoms in total. The van der Waals surface area contributed by atoms with Gasteiger partial charge in [-0.3, -0.25) is 9.78 Å². The van der Waals surface area contributed by atoms with Crippen LogP contribution in [0.2, 0.25) is 0 Å². The van der Waals surface area contributed by atoms with E-state index in [2.05, 4.69) is 10.3 Å². The summed E-state index contributed by atoms with van der Waals surface area (Å²) in [6, 6.07) is 10.8. The van der Waals surface area contributed by atoms with Crippen molar-refractivity contribution >= 4 is 23.6 Å². The van der Waals surface area contributed by atoms with Gasteiger partial charge in [0.1, 0.15) is 17.9 Å². The monoisotopic (exact) mass is 386 g/mol. The minimum absolute atomic E-state index is 0.298. The van der Waals surface area contributed by atoms with Crippen molar-refractivity contribution in [2.45, 2.75) is 31.9 Å². The molecule has 1 aromatic carbocycles. The molecule has 27 heavy (non-hydrogen) atoms. The van der Waals surface area contributed by atoms with Gasteiger partial charge in [0.2, 0.25) is 0 Å². The summed E-state index contributed by atoms with van der Waals surface area (Å²) in [7, 11) is 0. The molecule has 0 atom stereocenters. The molecule has 1 aliphatic rings. The number of nitrogens with zero attached hydrogens (tertiary/aromatic N) is 1. The summed E-state index contributed by atoms with van der Waals surface area (Å²) in [4.78, 5) is 28.6. The van der Waals surface area contributed by atoms with Gasteiger partial charge in [-0.25, -0.2) is 4.79 Å². The lowest BCUT2D eigenvalue weighted by molar-refractivity contribution is -0.144. The second-order valence-corrected chi connectivity index (χ2v) is 7.80. The highest BCUT2D eigenvalue weighted by Gasteiger charge is 2.41. The summed E-state index contributed by atoms with van der Waals surface area (Å²) in [5, 5.41) is 12.4. The van der Waals surface area contributed by atoms with Crippen molar-refractivity contribution < 1.29 is 19.4 Å². The van der Waals surface area contributed by atoms with Crippen LogP contribution in [0.5, 0.6) is 5.75 Å². The van der Waals surface area contributed by atoms with Crippen molar-refractivity contribution in [3.8, 4) is 5.75 Å².